The van der Waals surface area contributed by atoms with Crippen LogP contribution >= 0.6 is 0 Å². The van der Waals surface area contributed by atoms with Crippen molar-refractivity contribution in [1.82, 2.24) is 15.0 Å². The molecule has 1 aromatic heterocycles. The fourth-order valence-electron chi connectivity index (χ4n) is 3.01. The van der Waals surface area contributed by atoms with E-state index in [4.69, 9.17) is 18.7 Å². The lowest BCUT2D eigenvalue weighted by atomic mass is 10.2. The number of benzene rings is 2. The molecule has 0 saturated heterocycles. The summed E-state index contributed by atoms with van der Waals surface area (Å²) in [6.07, 6.45) is 0. The van der Waals surface area contributed by atoms with E-state index in [-0.39, 0.29) is 12.4 Å². The Hall–Kier alpha value is -3.13. The Balaban J connectivity index is 1.33. The van der Waals surface area contributed by atoms with Crippen molar-refractivity contribution in [3.63, 3.8) is 0 Å². The molecule has 0 saturated carbocycles. The predicted octanol–water partition coefficient (Wildman–Crippen LogP) is 3.58. The zero-order chi connectivity index (χ0) is 20.1. The normalized spacial score (nSPS) is 12.9. The molecule has 29 heavy (non-hydrogen) atoms. The van der Waals surface area contributed by atoms with E-state index in [1.165, 1.54) is 12.1 Å². The van der Waals surface area contributed by atoms with Crippen LogP contribution in [-0.4, -0.2) is 34.8 Å². The molecule has 1 aliphatic rings. The van der Waals surface area contributed by atoms with Gasteiger partial charge in [-0.15, -0.1) is 0 Å². The molecule has 1 aliphatic heterocycles. The van der Waals surface area contributed by atoms with E-state index in [0.29, 0.717) is 37.2 Å². The van der Waals surface area contributed by atoms with E-state index in [2.05, 4.69) is 22.0 Å². The summed E-state index contributed by atoms with van der Waals surface area (Å²) in [6, 6.07) is 11.8. The molecule has 2 aromatic carbocycles. The first-order chi connectivity index (χ1) is 14.2. The fourth-order valence-corrected chi connectivity index (χ4v) is 3.01. The summed E-state index contributed by atoms with van der Waals surface area (Å²) < 4.78 is 35.0. The second-order valence-corrected chi connectivity index (χ2v) is 6.63. The highest BCUT2D eigenvalue weighted by atomic mass is 19.1. The number of nitrogens with zero attached hydrogens (tertiary/aromatic N) is 3. The zero-order valence-corrected chi connectivity index (χ0v) is 16.1. The monoisotopic (exact) mass is 399 g/mol. The smallest absolute Gasteiger partial charge is 0.240 e. The lowest BCUT2D eigenvalue weighted by Crippen LogP contribution is -2.23. The van der Waals surface area contributed by atoms with Gasteiger partial charge in [0.1, 0.15) is 24.8 Å². The Kier molecular flexibility index (Phi) is 5.90. The van der Waals surface area contributed by atoms with Gasteiger partial charge in [0.25, 0.3) is 0 Å². The fraction of sp³-hybridized carbons (Fsp3) is 0.333. The quantitative estimate of drug-likeness (QED) is 0.573. The van der Waals surface area contributed by atoms with E-state index in [0.717, 1.165) is 30.2 Å². The minimum absolute atomic E-state index is 0.156. The summed E-state index contributed by atoms with van der Waals surface area (Å²) >= 11 is 0. The van der Waals surface area contributed by atoms with E-state index in [9.17, 15) is 4.39 Å². The molecule has 0 bridgehead atoms. The second-order valence-electron chi connectivity index (χ2n) is 6.63. The SMILES string of the molecule is CCN(Cc1ccc2c(c1)OCCO2)Cc1nc(COc2ccc(F)cc2)no1. The molecule has 7 nitrogen and oxygen atoms in total. The highest BCUT2D eigenvalue weighted by Crippen LogP contribution is 2.31. The molecule has 3 aromatic rings. The van der Waals surface area contributed by atoms with E-state index < -0.39 is 0 Å². The van der Waals surface area contributed by atoms with Crippen LogP contribution in [0.2, 0.25) is 0 Å². The van der Waals surface area contributed by atoms with Gasteiger partial charge in [-0.3, -0.25) is 4.90 Å². The Labute approximate surface area is 168 Å². The molecule has 0 fully saturated rings. The zero-order valence-electron chi connectivity index (χ0n) is 16.1. The summed E-state index contributed by atoms with van der Waals surface area (Å²) in [5.41, 5.74) is 1.12. The number of fused-ring (bicyclic) bond motifs is 1. The Morgan fingerprint density at radius 2 is 1.83 bits per heavy atom. The summed E-state index contributed by atoms with van der Waals surface area (Å²) in [5, 5.41) is 3.95. The summed E-state index contributed by atoms with van der Waals surface area (Å²) in [4.78, 5) is 6.56. The average Bonchev–Trinajstić information content (AvgIpc) is 3.20. The maximum atomic E-state index is 12.9. The summed E-state index contributed by atoms with van der Waals surface area (Å²) in [7, 11) is 0. The van der Waals surface area contributed by atoms with Gasteiger partial charge in [-0.05, 0) is 48.5 Å². The third-order valence-corrected chi connectivity index (χ3v) is 4.51. The predicted molar refractivity (Wildman–Crippen MR) is 102 cm³/mol. The molecule has 0 spiro atoms. The minimum atomic E-state index is -0.308. The van der Waals surface area contributed by atoms with Crippen molar-refractivity contribution in [2.24, 2.45) is 0 Å². The number of rotatable bonds is 8. The van der Waals surface area contributed by atoms with Crippen molar-refractivity contribution >= 4 is 0 Å². The summed E-state index contributed by atoms with van der Waals surface area (Å²) in [5.74, 6) is 2.76. The van der Waals surface area contributed by atoms with Crippen molar-refractivity contribution in [3.05, 3.63) is 65.6 Å². The van der Waals surface area contributed by atoms with Crippen LogP contribution in [0.25, 0.3) is 0 Å². The van der Waals surface area contributed by atoms with Gasteiger partial charge in [0.05, 0.1) is 6.54 Å². The topological polar surface area (TPSA) is 69.9 Å². The van der Waals surface area contributed by atoms with Gasteiger partial charge < -0.3 is 18.7 Å². The largest absolute Gasteiger partial charge is 0.486 e. The molecule has 0 radical (unpaired) electrons. The molecule has 0 N–H and O–H groups in total. The van der Waals surface area contributed by atoms with Crippen LogP contribution in [-0.2, 0) is 19.7 Å². The highest BCUT2D eigenvalue weighted by Gasteiger charge is 2.15. The number of halogens is 1. The van der Waals surface area contributed by atoms with Gasteiger partial charge >= 0.3 is 0 Å². The standard InChI is InChI=1S/C21H22FN3O4/c1-2-25(12-15-3-8-18-19(11-15)27-10-9-26-18)13-21-23-20(24-29-21)14-28-17-6-4-16(22)5-7-17/h3-8,11H,2,9-10,12-14H2,1H3. The molecule has 0 aliphatic carbocycles. The van der Waals surface area contributed by atoms with Crippen molar-refractivity contribution in [2.75, 3.05) is 19.8 Å². The second kappa shape index (κ2) is 8.91. The van der Waals surface area contributed by atoms with Gasteiger partial charge in [-0.1, -0.05) is 18.1 Å². The van der Waals surface area contributed by atoms with Crippen LogP contribution in [0.15, 0.2) is 47.0 Å². The van der Waals surface area contributed by atoms with Crippen LogP contribution < -0.4 is 14.2 Å². The van der Waals surface area contributed by atoms with Crippen LogP contribution in [0.4, 0.5) is 4.39 Å². The lowest BCUT2D eigenvalue weighted by molar-refractivity contribution is 0.170. The van der Waals surface area contributed by atoms with Crippen molar-refractivity contribution in [3.8, 4) is 17.2 Å². The van der Waals surface area contributed by atoms with Crippen molar-refractivity contribution in [1.29, 1.82) is 0 Å². The molecule has 0 unspecified atom stereocenters. The van der Waals surface area contributed by atoms with E-state index in [1.54, 1.807) is 12.1 Å². The van der Waals surface area contributed by atoms with E-state index >= 15 is 0 Å². The van der Waals surface area contributed by atoms with Crippen LogP contribution in [0.3, 0.4) is 0 Å². The van der Waals surface area contributed by atoms with Gasteiger partial charge in [-0.25, -0.2) is 4.39 Å². The number of aromatic nitrogens is 2. The van der Waals surface area contributed by atoms with Gasteiger partial charge in [0.15, 0.2) is 18.1 Å². The number of hydrogen-bond donors (Lipinski definition) is 0. The Bertz CT molecular complexity index is 945. The molecule has 152 valence electrons. The molecular formula is C21H22FN3O4. The third-order valence-electron chi connectivity index (χ3n) is 4.51. The van der Waals surface area contributed by atoms with E-state index in [1.807, 2.05) is 18.2 Å². The summed E-state index contributed by atoms with van der Waals surface area (Å²) in [6.45, 7) is 5.44. The van der Waals surface area contributed by atoms with Crippen molar-refractivity contribution in [2.45, 2.75) is 26.6 Å². The number of ether oxygens (including phenoxy) is 3. The molecule has 2 heterocycles. The van der Waals surface area contributed by atoms with Gasteiger partial charge in [-0.2, -0.15) is 4.98 Å². The molecule has 4 rings (SSSR count). The van der Waals surface area contributed by atoms with Gasteiger partial charge in [0, 0.05) is 6.54 Å². The van der Waals surface area contributed by atoms with Gasteiger partial charge in [0.2, 0.25) is 11.7 Å². The van der Waals surface area contributed by atoms with Crippen LogP contribution in [0.5, 0.6) is 17.2 Å². The molecule has 0 amide bonds. The highest BCUT2D eigenvalue weighted by molar-refractivity contribution is 5.43. The maximum absolute atomic E-state index is 12.9. The Morgan fingerprint density at radius 3 is 2.62 bits per heavy atom. The third kappa shape index (κ3) is 5.03. The minimum Gasteiger partial charge on any atom is -0.486 e. The Morgan fingerprint density at radius 1 is 1.03 bits per heavy atom. The number of hydrogen-bond acceptors (Lipinski definition) is 7. The average molecular weight is 399 g/mol. The maximum Gasteiger partial charge on any atom is 0.240 e. The molecular weight excluding hydrogens is 377 g/mol. The van der Waals surface area contributed by atoms with Crippen LogP contribution in [0.1, 0.15) is 24.2 Å². The first kappa shape index (κ1) is 19.2. The van der Waals surface area contributed by atoms with Crippen LogP contribution in [0, 0.1) is 5.82 Å². The first-order valence-corrected chi connectivity index (χ1v) is 9.50. The first-order valence-electron chi connectivity index (χ1n) is 9.50. The molecule has 8 heteroatoms. The molecule has 0 atom stereocenters. The lowest BCUT2D eigenvalue weighted by Gasteiger charge is -2.21. The van der Waals surface area contributed by atoms with Crippen molar-refractivity contribution < 1.29 is 23.1 Å².